The van der Waals surface area contributed by atoms with E-state index in [0.29, 0.717) is 0 Å². The maximum absolute atomic E-state index is 2.80. The minimum atomic E-state index is -0.113. The van der Waals surface area contributed by atoms with Gasteiger partial charge in [0, 0.05) is 50.0 Å². The van der Waals surface area contributed by atoms with Crippen LogP contribution in [-0.4, -0.2) is 17.0 Å². The van der Waals surface area contributed by atoms with E-state index in [4.69, 9.17) is 0 Å². The number of benzene rings is 5. The SMILES string of the molecule is Cc1cc2c3c(c1)N(c1ccc(C(C)(C)C)cc1C(C)(C)C)c1cc(N4c5ccccc5C5(C)CCCCC45C)ccc1B3C1=C(SC3(C)CCCCC13C)N2c1cc(C(C)(C)C)cc(C(C)(C)C)c1. The van der Waals surface area contributed by atoms with E-state index in [1.807, 2.05) is 0 Å². The molecule has 0 radical (unpaired) electrons. The fourth-order valence-electron chi connectivity index (χ4n) is 14.4. The van der Waals surface area contributed by atoms with Gasteiger partial charge in [0.25, 0.3) is 0 Å². The Morgan fingerprint density at radius 2 is 1.10 bits per heavy atom. The van der Waals surface area contributed by atoms with Gasteiger partial charge in [-0.3, -0.25) is 0 Å². The molecule has 4 atom stereocenters. The third kappa shape index (κ3) is 6.80. The summed E-state index contributed by atoms with van der Waals surface area (Å²) in [6.07, 6.45) is 9.97. The Morgan fingerprint density at radius 1 is 0.500 bits per heavy atom. The highest BCUT2D eigenvalue weighted by Crippen LogP contribution is 2.68. The molecule has 4 heterocycles. The van der Waals surface area contributed by atoms with E-state index in [0.717, 1.165) is 0 Å². The first-order chi connectivity index (χ1) is 32.6. The Bertz CT molecular complexity index is 2990. The van der Waals surface area contributed by atoms with Crippen molar-refractivity contribution in [1.29, 1.82) is 0 Å². The summed E-state index contributed by atoms with van der Waals surface area (Å²) in [5.41, 5.74) is 22.3. The summed E-state index contributed by atoms with van der Waals surface area (Å²) >= 11 is 2.22. The Hall–Kier alpha value is -4.35. The summed E-state index contributed by atoms with van der Waals surface area (Å²) in [7, 11) is 0. The zero-order valence-corrected chi connectivity index (χ0v) is 47.0. The molecule has 4 aliphatic heterocycles. The lowest BCUT2D eigenvalue weighted by Gasteiger charge is -2.51. The highest BCUT2D eigenvalue weighted by atomic mass is 32.2. The van der Waals surface area contributed by atoms with Crippen molar-refractivity contribution in [1.82, 2.24) is 0 Å². The van der Waals surface area contributed by atoms with Gasteiger partial charge in [-0.25, -0.2) is 0 Å². The first-order valence-electron chi connectivity index (χ1n) is 27.1. The molecule has 2 saturated carbocycles. The van der Waals surface area contributed by atoms with Crippen LogP contribution in [0.1, 0.15) is 196 Å². The van der Waals surface area contributed by atoms with E-state index in [-0.39, 0.29) is 49.5 Å². The second-order valence-electron chi connectivity index (χ2n) is 27.8. The summed E-state index contributed by atoms with van der Waals surface area (Å²) < 4.78 is 0.0820. The van der Waals surface area contributed by atoms with Crippen LogP contribution in [-0.2, 0) is 27.1 Å². The second-order valence-corrected chi connectivity index (χ2v) is 29.3. The van der Waals surface area contributed by atoms with Gasteiger partial charge >= 0.3 is 0 Å². The Kier molecular flexibility index (Phi) is 10.5. The molecule has 2 fully saturated rings. The number of aryl methyl sites for hydroxylation is 1. The third-order valence-corrected chi connectivity index (χ3v) is 20.8. The molecular weight excluding hydrogens is 866 g/mol. The lowest BCUT2D eigenvalue weighted by atomic mass is 9.29. The van der Waals surface area contributed by atoms with Crippen molar-refractivity contribution in [2.45, 2.75) is 206 Å². The summed E-state index contributed by atoms with van der Waals surface area (Å²) in [6.45, 7) is 41.7. The summed E-state index contributed by atoms with van der Waals surface area (Å²) in [6, 6.07) is 37.5. The van der Waals surface area contributed by atoms with Crippen LogP contribution < -0.4 is 25.6 Å². The fraction of sp³-hybridized carbons (Fsp3) is 0.508. The Labute approximate surface area is 428 Å². The number of para-hydroxylation sites is 1. The van der Waals surface area contributed by atoms with E-state index in [1.165, 1.54) is 141 Å². The van der Waals surface area contributed by atoms with Gasteiger partial charge < -0.3 is 14.7 Å². The number of anilines is 7. The Balaban J connectivity index is 1.25. The largest absolute Gasteiger partial charge is 0.334 e. The molecule has 0 N–H and O–H groups in total. The molecule has 6 aliphatic rings. The van der Waals surface area contributed by atoms with E-state index >= 15 is 0 Å². The van der Waals surface area contributed by atoms with Crippen molar-refractivity contribution >= 4 is 69.2 Å². The molecule has 0 saturated heterocycles. The maximum atomic E-state index is 2.80. The molecule has 11 rings (SSSR count). The minimum Gasteiger partial charge on any atom is -0.334 e. The standard InChI is InChI=1S/C65H82BN3S/c1-41-34-53-55-54(35-41)68(50-29-26-42(58(2,3)4)39-48(50)61(11,12)13)52-40-45(69-51-25-19-18-24-47(51)62(14)30-20-22-32-64(62,69)16)27-28-49(52)66(55)56-57(70-65(17)33-23-21-31-63(56,65)15)67(53)46-37-43(59(5,6)7)36-44(38-46)60(8,9)10/h18-19,24-29,34-40H,20-23,30-33H2,1-17H3. The van der Waals surface area contributed by atoms with Gasteiger partial charge in [0.2, 0.25) is 6.71 Å². The number of allylic oxidation sites excluding steroid dienone is 1. The number of rotatable bonds is 3. The predicted octanol–water partition coefficient (Wildman–Crippen LogP) is 17.3. The van der Waals surface area contributed by atoms with Crippen molar-refractivity contribution in [2.24, 2.45) is 5.41 Å². The van der Waals surface area contributed by atoms with Gasteiger partial charge in [-0.15, -0.1) is 11.8 Å². The number of hydrogen-bond acceptors (Lipinski definition) is 4. The van der Waals surface area contributed by atoms with Crippen LogP contribution in [0.2, 0.25) is 0 Å². The van der Waals surface area contributed by atoms with Crippen molar-refractivity contribution in [3.63, 3.8) is 0 Å². The topological polar surface area (TPSA) is 9.72 Å². The molecular formula is C65H82BN3S. The Morgan fingerprint density at radius 3 is 1.74 bits per heavy atom. The summed E-state index contributed by atoms with van der Waals surface area (Å²) in [5, 5.41) is 1.49. The van der Waals surface area contributed by atoms with E-state index in [1.54, 1.807) is 5.47 Å². The maximum Gasteiger partial charge on any atom is 0.248 e. The first kappa shape index (κ1) is 48.0. The molecule has 2 aliphatic carbocycles. The molecule has 0 aromatic heterocycles. The smallest absolute Gasteiger partial charge is 0.248 e. The van der Waals surface area contributed by atoms with Gasteiger partial charge in [0.1, 0.15) is 0 Å². The van der Waals surface area contributed by atoms with E-state index in [2.05, 4.69) is 235 Å². The quantitative estimate of drug-likeness (QED) is 0.167. The zero-order chi connectivity index (χ0) is 50.1. The van der Waals surface area contributed by atoms with Crippen LogP contribution in [0.15, 0.2) is 101 Å². The van der Waals surface area contributed by atoms with Gasteiger partial charge in [-0.1, -0.05) is 171 Å². The van der Waals surface area contributed by atoms with Gasteiger partial charge in [-0.2, -0.15) is 0 Å². The molecule has 5 heteroatoms. The molecule has 0 amide bonds. The normalized spacial score (nSPS) is 26.2. The number of fused-ring (bicyclic) bond motifs is 8. The van der Waals surface area contributed by atoms with E-state index in [9.17, 15) is 0 Å². The second kappa shape index (κ2) is 15.3. The lowest BCUT2D eigenvalue weighted by molar-refractivity contribution is 0.195. The molecule has 4 unspecified atom stereocenters. The highest BCUT2D eigenvalue weighted by Gasteiger charge is 2.62. The number of hydrogen-bond donors (Lipinski definition) is 0. The molecule has 5 aromatic rings. The third-order valence-electron chi connectivity index (χ3n) is 19.1. The van der Waals surface area contributed by atoms with Crippen LogP contribution in [0.5, 0.6) is 0 Å². The van der Waals surface area contributed by atoms with E-state index < -0.39 is 0 Å². The van der Waals surface area contributed by atoms with Crippen LogP contribution >= 0.6 is 11.8 Å². The minimum absolute atomic E-state index is 0.00958. The van der Waals surface area contributed by atoms with Crippen LogP contribution in [0, 0.1) is 12.3 Å². The van der Waals surface area contributed by atoms with Crippen molar-refractivity contribution in [2.75, 3.05) is 14.7 Å². The average Bonchev–Trinajstić information content (AvgIpc) is 3.64. The summed E-state index contributed by atoms with van der Waals surface area (Å²) in [4.78, 5) is 8.36. The zero-order valence-electron chi connectivity index (χ0n) is 46.1. The van der Waals surface area contributed by atoms with Gasteiger partial charge in [0.05, 0.1) is 10.6 Å². The average molecular weight is 948 g/mol. The molecule has 0 bridgehead atoms. The molecule has 5 aromatic carbocycles. The van der Waals surface area contributed by atoms with Gasteiger partial charge in [-0.05, 0) is 166 Å². The van der Waals surface area contributed by atoms with Crippen LogP contribution in [0.4, 0.5) is 39.8 Å². The highest BCUT2D eigenvalue weighted by molar-refractivity contribution is 8.05. The fourth-order valence-corrected chi connectivity index (χ4v) is 16.3. The molecule has 366 valence electrons. The van der Waals surface area contributed by atoms with Crippen LogP contribution in [0.3, 0.4) is 0 Å². The monoisotopic (exact) mass is 948 g/mol. The van der Waals surface area contributed by atoms with Crippen molar-refractivity contribution < 1.29 is 0 Å². The van der Waals surface area contributed by atoms with Crippen molar-refractivity contribution in [3.8, 4) is 0 Å². The first-order valence-corrected chi connectivity index (χ1v) is 28.0. The van der Waals surface area contributed by atoms with Gasteiger partial charge in [0.15, 0.2) is 0 Å². The van der Waals surface area contributed by atoms with Crippen LogP contribution in [0.25, 0.3) is 0 Å². The molecule has 70 heavy (non-hydrogen) atoms. The number of thioether (sulfide) groups is 1. The molecule has 0 spiro atoms. The summed E-state index contributed by atoms with van der Waals surface area (Å²) in [5.74, 6) is 0. The lowest BCUT2D eigenvalue weighted by Crippen LogP contribution is -2.59. The molecule has 3 nitrogen and oxygen atoms in total. The predicted molar refractivity (Wildman–Crippen MR) is 307 cm³/mol. The number of nitrogens with zero attached hydrogens (tertiary/aromatic N) is 3. The van der Waals surface area contributed by atoms with Crippen molar-refractivity contribution in [3.05, 3.63) is 135 Å².